The normalized spacial score (nSPS) is 16.6. The molecule has 1 fully saturated rings. The molecule has 0 amide bonds. The van der Waals surface area contributed by atoms with Crippen LogP contribution in [0, 0.1) is 11.8 Å². The highest BCUT2D eigenvalue weighted by molar-refractivity contribution is 5.33. The van der Waals surface area contributed by atoms with Crippen LogP contribution in [0.15, 0.2) is 30.3 Å². The molecule has 17 heavy (non-hydrogen) atoms. The average molecular weight is 227 g/mol. The molecule has 2 rings (SSSR count). The Balaban J connectivity index is 1.83. The Morgan fingerprint density at radius 3 is 2.53 bits per heavy atom. The van der Waals surface area contributed by atoms with E-state index in [-0.39, 0.29) is 0 Å². The summed E-state index contributed by atoms with van der Waals surface area (Å²) in [5.74, 6) is 6.50. The third kappa shape index (κ3) is 3.91. The van der Waals surface area contributed by atoms with Crippen molar-refractivity contribution >= 4 is 0 Å². The van der Waals surface area contributed by atoms with Crippen LogP contribution >= 0.6 is 0 Å². The molecule has 0 unspecified atom stereocenters. The third-order valence-corrected chi connectivity index (χ3v) is 3.53. The number of hydrogen-bond acceptors (Lipinski definition) is 1. The zero-order chi connectivity index (χ0) is 11.9. The van der Waals surface area contributed by atoms with E-state index in [1.807, 2.05) is 18.2 Å². The van der Waals surface area contributed by atoms with Gasteiger partial charge in [-0.1, -0.05) is 49.3 Å². The standard InChI is InChI=1S/C16H21N/c1-17(16-12-6-3-7-13-16)14-8-11-15-9-4-2-5-10-15/h2,4-5,9-10,16H,3,6-7,12-14H2,1H3. The number of hydrogen-bond donors (Lipinski definition) is 0. The minimum absolute atomic E-state index is 0.758. The number of rotatable bonds is 2. The lowest BCUT2D eigenvalue weighted by Crippen LogP contribution is -2.33. The zero-order valence-corrected chi connectivity index (χ0v) is 10.7. The highest BCUT2D eigenvalue weighted by atomic mass is 15.1. The summed E-state index contributed by atoms with van der Waals surface area (Å²) in [4.78, 5) is 2.41. The molecule has 1 saturated carbocycles. The van der Waals surface area contributed by atoms with Gasteiger partial charge in [0.15, 0.2) is 0 Å². The summed E-state index contributed by atoms with van der Waals surface area (Å²) in [7, 11) is 2.20. The first-order valence-electron chi connectivity index (χ1n) is 6.60. The second-order valence-electron chi connectivity index (χ2n) is 4.87. The van der Waals surface area contributed by atoms with Crippen LogP contribution in [-0.2, 0) is 0 Å². The Hall–Kier alpha value is -1.26. The van der Waals surface area contributed by atoms with Gasteiger partial charge in [0.1, 0.15) is 0 Å². The van der Waals surface area contributed by atoms with Crippen molar-refractivity contribution in [3.8, 4) is 11.8 Å². The summed E-state index contributed by atoms with van der Waals surface area (Å²) >= 11 is 0. The second-order valence-corrected chi connectivity index (χ2v) is 4.87. The predicted molar refractivity (Wildman–Crippen MR) is 72.8 cm³/mol. The van der Waals surface area contributed by atoms with E-state index in [2.05, 4.69) is 35.9 Å². The molecule has 90 valence electrons. The molecule has 1 aliphatic carbocycles. The van der Waals surface area contributed by atoms with Crippen molar-refractivity contribution < 1.29 is 0 Å². The van der Waals surface area contributed by atoms with Gasteiger partial charge in [0, 0.05) is 11.6 Å². The highest BCUT2D eigenvalue weighted by Gasteiger charge is 2.16. The minimum Gasteiger partial charge on any atom is -0.292 e. The first kappa shape index (κ1) is 12.2. The molecule has 0 radical (unpaired) electrons. The smallest absolute Gasteiger partial charge is 0.0605 e. The van der Waals surface area contributed by atoms with Crippen LogP contribution in [-0.4, -0.2) is 24.5 Å². The van der Waals surface area contributed by atoms with Gasteiger partial charge in [-0.25, -0.2) is 0 Å². The maximum absolute atomic E-state index is 3.27. The van der Waals surface area contributed by atoms with Crippen molar-refractivity contribution in [2.75, 3.05) is 13.6 Å². The van der Waals surface area contributed by atoms with Crippen LogP contribution in [0.1, 0.15) is 37.7 Å². The van der Waals surface area contributed by atoms with Crippen molar-refractivity contribution in [1.82, 2.24) is 4.90 Å². The number of nitrogens with zero attached hydrogens (tertiary/aromatic N) is 1. The van der Waals surface area contributed by atoms with E-state index in [1.165, 1.54) is 32.1 Å². The molecule has 1 aromatic carbocycles. The molecule has 0 heterocycles. The molecule has 0 bridgehead atoms. The molecule has 1 heteroatoms. The molecule has 0 N–H and O–H groups in total. The molecule has 0 aromatic heterocycles. The SMILES string of the molecule is CN(CC#Cc1ccccc1)C1CCCCC1. The molecule has 0 aliphatic heterocycles. The Kier molecular flexibility index (Phi) is 4.64. The van der Waals surface area contributed by atoms with Crippen LogP contribution < -0.4 is 0 Å². The molecular weight excluding hydrogens is 206 g/mol. The van der Waals surface area contributed by atoms with Gasteiger partial charge in [0.25, 0.3) is 0 Å². The van der Waals surface area contributed by atoms with Crippen molar-refractivity contribution in [3.63, 3.8) is 0 Å². The van der Waals surface area contributed by atoms with Gasteiger partial charge in [-0.15, -0.1) is 0 Å². The van der Waals surface area contributed by atoms with E-state index < -0.39 is 0 Å². The van der Waals surface area contributed by atoms with Gasteiger partial charge >= 0.3 is 0 Å². The zero-order valence-electron chi connectivity index (χ0n) is 10.7. The van der Waals surface area contributed by atoms with E-state index in [4.69, 9.17) is 0 Å². The maximum atomic E-state index is 3.27. The van der Waals surface area contributed by atoms with Gasteiger partial charge in [0.2, 0.25) is 0 Å². The van der Waals surface area contributed by atoms with Crippen molar-refractivity contribution in [1.29, 1.82) is 0 Å². The lowest BCUT2D eigenvalue weighted by Gasteiger charge is -2.29. The van der Waals surface area contributed by atoms with Crippen LogP contribution in [0.5, 0.6) is 0 Å². The molecule has 0 atom stereocenters. The van der Waals surface area contributed by atoms with Gasteiger partial charge < -0.3 is 0 Å². The molecule has 0 saturated heterocycles. The fourth-order valence-corrected chi connectivity index (χ4v) is 2.44. The predicted octanol–water partition coefficient (Wildman–Crippen LogP) is 3.30. The summed E-state index contributed by atoms with van der Waals surface area (Å²) in [6.07, 6.45) is 6.90. The summed E-state index contributed by atoms with van der Waals surface area (Å²) in [6.45, 7) is 0.888. The highest BCUT2D eigenvalue weighted by Crippen LogP contribution is 2.21. The molecule has 1 nitrogen and oxygen atoms in total. The fourth-order valence-electron chi connectivity index (χ4n) is 2.44. The quantitative estimate of drug-likeness (QED) is 0.701. The molecule has 1 aromatic rings. The van der Waals surface area contributed by atoms with Gasteiger partial charge in [-0.3, -0.25) is 4.90 Å². The first-order chi connectivity index (χ1) is 8.36. The first-order valence-corrected chi connectivity index (χ1v) is 6.60. The summed E-state index contributed by atoms with van der Waals surface area (Å²) in [5.41, 5.74) is 1.12. The summed E-state index contributed by atoms with van der Waals surface area (Å²) in [6, 6.07) is 11.0. The van der Waals surface area contributed by atoms with E-state index in [0.717, 1.165) is 18.2 Å². The Morgan fingerprint density at radius 1 is 1.12 bits per heavy atom. The van der Waals surface area contributed by atoms with Crippen LogP contribution in [0.4, 0.5) is 0 Å². The van der Waals surface area contributed by atoms with Gasteiger partial charge in [0.05, 0.1) is 6.54 Å². The minimum atomic E-state index is 0.758. The summed E-state index contributed by atoms with van der Waals surface area (Å²) in [5, 5.41) is 0. The van der Waals surface area contributed by atoms with Crippen LogP contribution in [0.3, 0.4) is 0 Å². The van der Waals surface area contributed by atoms with E-state index in [9.17, 15) is 0 Å². The molecular formula is C16H21N. The Morgan fingerprint density at radius 2 is 1.82 bits per heavy atom. The lowest BCUT2D eigenvalue weighted by atomic mass is 9.94. The van der Waals surface area contributed by atoms with E-state index in [0.29, 0.717) is 0 Å². The van der Waals surface area contributed by atoms with Crippen LogP contribution in [0.25, 0.3) is 0 Å². The Labute approximate surface area is 105 Å². The van der Waals surface area contributed by atoms with E-state index in [1.54, 1.807) is 0 Å². The third-order valence-electron chi connectivity index (χ3n) is 3.53. The summed E-state index contributed by atoms with van der Waals surface area (Å²) < 4.78 is 0. The molecule has 0 spiro atoms. The van der Waals surface area contributed by atoms with Gasteiger partial charge in [-0.2, -0.15) is 0 Å². The monoisotopic (exact) mass is 227 g/mol. The van der Waals surface area contributed by atoms with Crippen molar-refractivity contribution in [2.24, 2.45) is 0 Å². The van der Waals surface area contributed by atoms with Crippen molar-refractivity contribution in [3.05, 3.63) is 35.9 Å². The van der Waals surface area contributed by atoms with E-state index >= 15 is 0 Å². The maximum Gasteiger partial charge on any atom is 0.0605 e. The molecule has 1 aliphatic rings. The second kappa shape index (κ2) is 6.47. The topological polar surface area (TPSA) is 3.24 Å². The van der Waals surface area contributed by atoms with Crippen LogP contribution in [0.2, 0.25) is 0 Å². The number of benzene rings is 1. The largest absolute Gasteiger partial charge is 0.292 e. The average Bonchev–Trinajstić information content (AvgIpc) is 2.41. The Bertz CT molecular complexity index is 379. The lowest BCUT2D eigenvalue weighted by molar-refractivity contribution is 0.212. The van der Waals surface area contributed by atoms with Gasteiger partial charge in [-0.05, 0) is 32.0 Å². The van der Waals surface area contributed by atoms with Crippen molar-refractivity contribution in [2.45, 2.75) is 38.1 Å². The fraction of sp³-hybridized carbons (Fsp3) is 0.500.